The standard InChI is InChI=1S/C15H26N2O5/c1-11(19)10-16-15(21)12-2-4-13(5-3-12)17-14(20)6-8-22-9-7-18/h12-13,18H,2-10H2,1H3,(H,16,21)(H,17,20). The Morgan fingerprint density at radius 1 is 1.14 bits per heavy atom. The van der Waals surface area contributed by atoms with E-state index in [1.54, 1.807) is 0 Å². The van der Waals surface area contributed by atoms with Gasteiger partial charge in [0.05, 0.1) is 26.4 Å². The van der Waals surface area contributed by atoms with E-state index in [0.717, 1.165) is 25.7 Å². The Morgan fingerprint density at radius 2 is 1.82 bits per heavy atom. The second-order valence-corrected chi connectivity index (χ2v) is 5.62. The molecule has 3 N–H and O–H groups in total. The minimum Gasteiger partial charge on any atom is -0.394 e. The van der Waals surface area contributed by atoms with E-state index < -0.39 is 0 Å². The molecule has 0 aromatic rings. The molecule has 0 spiro atoms. The zero-order chi connectivity index (χ0) is 16.4. The molecule has 7 heteroatoms. The summed E-state index contributed by atoms with van der Waals surface area (Å²) in [6, 6.07) is 0.0993. The largest absolute Gasteiger partial charge is 0.394 e. The minimum atomic E-state index is -0.0719. The fourth-order valence-electron chi connectivity index (χ4n) is 2.49. The van der Waals surface area contributed by atoms with Crippen LogP contribution in [0.2, 0.25) is 0 Å². The lowest BCUT2D eigenvalue weighted by molar-refractivity contribution is -0.128. The summed E-state index contributed by atoms with van der Waals surface area (Å²) >= 11 is 0. The highest BCUT2D eigenvalue weighted by atomic mass is 16.5. The fraction of sp³-hybridized carbons (Fsp3) is 0.800. The first-order valence-corrected chi connectivity index (χ1v) is 7.78. The summed E-state index contributed by atoms with van der Waals surface area (Å²) in [5.41, 5.74) is 0. The number of aliphatic hydroxyl groups excluding tert-OH is 1. The van der Waals surface area contributed by atoms with Crippen molar-refractivity contribution in [3.8, 4) is 0 Å². The first-order chi connectivity index (χ1) is 10.5. The average molecular weight is 314 g/mol. The highest BCUT2D eigenvalue weighted by Crippen LogP contribution is 2.24. The second-order valence-electron chi connectivity index (χ2n) is 5.62. The molecule has 1 aliphatic rings. The number of hydrogen-bond acceptors (Lipinski definition) is 5. The van der Waals surface area contributed by atoms with Crippen LogP contribution in [0.4, 0.5) is 0 Å². The SMILES string of the molecule is CC(=O)CNC(=O)C1CCC(NC(=O)CCOCCO)CC1. The Bertz CT molecular complexity index is 378. The summed E-state index contributed by atoms with van der Waals surface area (Å²) in [6.45, 7) is 2.03. The first-order valence-electron chi connectivity index (χ1n) is 7.78. The number of nitrogens with one attached hydrogen (secondary N) is 2. The normalized spacial score (nSPS) is 21.2. The van der Waals surface area contributed by atoms with Crippen molar-refractivity contribution in [1.82, 2.24) is 10.6 Å². The van der Waals surface area contributed by atoms with Crippen LogP contribution in [0.5, 0.6) is 0 Å². The van der Waals surface area contributed by atoms with Gasteiger partial charge in [-0.3, -0.25) is 14.4 Å². The maximum Gasteiger partial charge on any atom is 0.223 e. The van der Waals surface area contributed by atoms with Crippen LogP contribution in [-0.4, -0.2) is 55.1 Å². The van der Waals surface area contributed by atoms with Gasteiger partial charge in [-0.05, 0) is 32.6 Å². The number of hydrogen-bond donors (Lipinski definition) is 3. The molecule has 0 aromatic heterocycles. The van der Waals surface area contributed by atoms with Crippen molar-refractivity contribution in [1.29, 1.82) is 0 Å². The van der Waals surface area contributed by atoms with E-state index in [1.165, 1.54) is 6.92 Å². The molecule has 1 saturated carbocycles. The molecule has 0 bridgehead atoms. The minimum absolute atomic E-state index is 0.0443. The lowest BCUT2D eigenvalue weighted by Crippen LogP contribution is -2.41. The van der Waals surface area contributed by atoms with Crippen molar-refractivity contribution in [2.45, 2.75) is 45.1 Å². The zero-order valence-electron chi connectivity index (χ0n) is 13.1. The van der Waals surface area contributed by atoms with E-state index in [2.05, 4.69) is 10.6 Å². The number of ketones is 1. The molecule has 0 radical (unpaired) electrons. The van der Waals surface area contributed by atoms with Gasteiger partial charge in [0.25, 0.3) is 0 Å². The van der Waals surface area contributed by atoms with Crippen LogP contribution >= 0.6 is 0 Å². The van der Waals surface area contributed by atoms with E-state index in [4.69, 9.17) is 9.84 Å². The van der Waals surface area contributed by atoms with Gasteiger partial charge in [-0.1, -0.05) is 0 Å². The lowest BCUT2D eigenvalue weighted by Gasteiger charge is -2.28. The Morgan fingerprint density at radius 3 is 2.41 bits per heavy atom. The van der Waals surface area contributed by atoms with Crippen LogP contribution in [0.15, 0.2) is 0 Å². The van der Waals surface area contributed by atoms with Crippen LogP contribution in [0, 0.1) is 5.92 Å². The zero-order valence-corrected chi connectivity index (χ0v) is 13.1. The number of carbonyl (C=O) groups excluding carboxylic acids is 3. The van der Waals surface area contributed by atoms with E-state index in [0.29, 0.717) is 6.61 Å². The molecule has 0 saturated heterocycles. The molecule has 1 aliphatic carbocycles. The molecular formula is C15H26N2O5. The lowest BCUT2D eigenvalue weighted by atomic mass is 9.85. The number of ether oxygens (including phenoxy) is 1. The summed E-state index contributed by atoms with van der Waals surface area (Å²) in [4.78, 5) is 34.4. The maximum absolute atomic E-state index is 11.8. The molecule has 126 valence electrons. The molecule has 0 aromatic carbocycles. The number of rotatable bonds is 9. The van der Waals surface area contributed by atoms with Crippen LogP contribution in [-0.2, 0) is 19.1 Å². The van der Waals surface area contributed by atoms with Gasteiger partial charge in [-0.15, -0.1) is 0 Å². The maximum atomic E-state index is 11.8. The summed E-state index contributed by atoms with van der Waals surface area (Å²) in [5, 5.41) is 14.1. The first kappa shape index (κ1) is 18.6. The molecule has 0 unspecified atom stereocenters. The molecule has 1 fully saturated rings. The molecule has 22 heavy (non-hydrogen) atoms. The third-order valence-electron chi connectivity index (χ3n) is 3.68. The van der Waals surface area contributed by atoms with Crippen molar-refractivity contribution >= 4 is 17.6 Å². The second kappa shape index (κ2) is 10.3. The number of Topliss-reactive ketones (excluding diaryl/α,β-unsaturated/α-hetero) is 1. The molecule has 7 nitrogen and oxygen atoms in total. The third kappa shape index (κ3) is 7.51. The average Bonchev–Trinajstić information content (AvgIpc) is 2.50. The van der Waals surface area contributed by atoms with Gasteiger partial charge >= 0.3 is 0 Å². The summed E-state index contributed by atoms with van der Waals surface area (Å²) in [5.74, 6) is -0.266. The Labute approximate surface area is 130 Å². The molecule has 0 aliphatic heterocycles. The summed E-state index contributed by atoms with van der Waals surface area (Å²) in [6.07, 6.45) is 3.24. The van der Waals surface area contributed by atoms with Crippen molar-refractivity contribution in [2.24, 2.45) is 5.92 Å². The highest BCUT2D eigenvalue weighted by Gasteiger charge is 2.26. The molecule has 0 heterocycles. The fourth-order valence-corrected chi connectivity index (χ4v) is 2.49. The van der Waals surface area contributed by atoms with Crippen molar-refractivity contribution in [3.63, 3.8) is 0 Å². The van der Waals surface area contributed by atoms with Gasteiger partial charge in [0.1, 0.15) is 5.78 Å². The predicted molar refractivity (Wildman–Crippen MR) is 80.1 cm³/mol. The monoisotopic (exact) mass is 314 g/mol. The molecule has 0 atom stereocenters. The van der Waals surface area contributed by atoms with Crippen LogP contribution < -0.4 is 10.6 Å². The molecule has 2 amide bonds. The van der Waals surface area contributed by atoms with Crippen LogP contribution in [0.3, 0.4) is 0 Å². The van der Waals surface area contributed by atoms with Gasteiger partial charge in [0, 0.05) is 18.4 Å². The number of amides is 2. The van der Waals surface area contributed by atoms with Gasteiger partial charge in [-0.25, -0.2) is 0 Å². The molecule has 1 rings (SSSR count). The van der Waals surface area contributed by atoms with Crippen molar-refractivity contribution in [2.75, 3.05) is 26.4 Å². The van der Waals surface area contributed by atoms with E-state index in [1.807, 2.05) is 0 Å². The van der Waals surface area contributed by atoms with Gasteiger partial charge in [-0.2, -0.15) is 0 Å². The molecular weight excluding hydrogens is 288 g/mol. The quantitative estimate of drug-likeness (QED) is 0.510. The van der Waals surface area contributed by atoms with Crippen molar-refractivity contribution < 1.29 is 24.2 Å². The summed E-state index contributed by atoms with van der Waals surface area (Å²) < 4.78 is 5.05. The van der Waals surface area contributed by atoms with Crippen LogP contribution in [0.1, 0.15) is 39.0 Å². The van der Waals surface area contributed by atoms with E-state index in [9.17, 15) is 14.4 Å². The van der Waals surface area contributed by atoms with Crippen molar-refractivity contribution in [3.05, 3.63) is 0 Å². The Hall–Kier alpha value is -1.47. The van der Waals surface area contributed by atoms with Gasteiger partial charge in [0.2, 0.25) is 11.8 Å². The van der Waals surface area contributed by atoms with E-state index >= 15 is 0 Å². The van der Waals surface area contributed by atoms with Gasteiger partial charge < -0.3 is 20.5 Å². The Kier molecular flexibility index (Phi) is 8.69. The topological polar surface area (TPSA) is 105 Å². The van der Waals surface area contributed by atoms with Gasteiger partial charge in [0.15, 0.2) is 0 Å². The van der Waals surface area contributed by atoms with Crippen LogP contribution in [0.25, 0.3) is 0 Å². The smallest absolute Gasteiger partial charge is 0.223 e. The van der Waals surface area contributed by atoms with E-state index in [-0.39, 0.29) is 55.7 Å². The Balaban J connectivity index is 2.17. The highest BCUT2D eigenvalue weighted by molar-refractivity contribution is 5.85. The number of carbonyl (C=O) groups is 3. The third-order valence-corrected chi connectivity index (χ3v) is 3.68. The number of aliphatic hydroxyl groups is 1. The summed E-state index contributed by atoms with van der Waals surface area (Å²) in [7, 11) is 0. The predicted octanol–water partition coefficient (Wildman–Crippen LogP) is -0.234.